The topological polar surface area (TPSA) is 152 Å². The minimum atomic E-state index is -5.51. The molecule has 0 bridgehead atoms. The van der Waals surface area contributed by atoms with Crippen LogP contribution in [0.4, 0.5) is 32.2 Å². The van der Waals surface area contributed by atoms with Gasteiger partial charge in [0.2, 0.25) is 5.82 Å². The zero-order valence-corrected chi connectivity index (χ0v) is 23.2. The molecule has 1 aromatic heterocycles. The number of rotatable bonds is 5. The second kappa shape index (κ2) is 12.7. The van der Waals surface area contributed by atoms with E-state index in [9.17, 15) is 40.7 Å². The van der Waals surface area contributed by atoms with Crippen molar-refractivity contribution in [1.82, 2.24) is 19.9 Å². The maximum atomic E-state index is 13.1. The predicted octanol–water partition coefficient (Wildman–Crippen LogP) is 3.47. The summed E-state index contributed by atoms with van der Waals surface area (Å²) in [6.07, 6.45) is -9.81. The first-order valence-corrected chi connectivity index (χ1v) is 13.9. The van der Waals surface area contributed by atoms with Crippen molar-refractivity contribution in [3.63, 3.8) is 0 Å². The molecule has 19 heteroatoms. The number of hydroxylamine groups is 2. The molecular weight excluding hydrogens is 612 g/mol. The van der Waals surface area contributed by atoms with Gasteiger partial charge in [-0.1, -0.05) is 24.5 Å². The second-order valence-electron chi connectivity index (χ2n) is 9.65. The third kappa shape index (κ3) is 7.68. The molecule has 2 fully saturated rings. The number of halogens is 6. The van der Waals surface area contributed by atoms with Crippen LogP contribution in [-0.2, 0) is 19.3 Å². The Bertz CT molecular complexity index is 1420. The highest BCUT2D eigenvalue weighted by Gasteiger charge is 2.46. The molecule has 1 aliphatic carbocycles. The SMILES string of the molecule is Cc1ccc2nc(C(=O)N3CCSC3)nc(NC3CCCCC3N(OC(=O)C(F)(F)F)/C(N)=N/OC(=O)C(F)(F)F)c2c1. The average Bonchev–Trinajstić information content (AvgIpc) is 3.48. The van der Waals surface area contributed by atoms with Crippen molar-refractivity contribution in [1.29, 1.82) is 0 Å². The number of hydrogen-bond acceptors (Lipinski definition) is 10. The van der Waals surface area contributed by atoms with E-state index in [0.29, 0.717) is 36.2 Å². The number of fused-ring (bicyclic) bond motifs is 1. The highest BCUT2D eigenvalue weighted by molar-refractivity contribution is 7.99. The van der Waals surface area contributed by atoms with Crippen LogP contribution >= 0.6 is 11.8 Å². The van der Waals surface area contributed by atoms with E-state index >= 15 is 0 Å². The van der Waals surface area contributed by atoms with Gasteiger partial charge < -0.3 is 25.6 Å². The number of aromatic nitrogens is 2. The van der Waals surface area contributed by atoms with Crippen LogP contribution in [0.3, 0.4) is 0 Å². The van der Waals surface area contributed by atoms with Gasteiger partial charge in [0.05, 0.1) is 23.5 Å². The van der Waals surface area contributed by atoms with E-state index in [1.165, 1.54) is 0 Å². The molecule has 12 nitrogen and oxygen atoms in total. The monoisotopic (exact) mass is 637 g/mol. The van der Waals surface area contributed by atoms with Crippen molar-refractivity contribution < 1.29 is 50.4 Å². The number of carbonyl (C=O) groups excluding carboxylic acids is 3. The number of oxime groups is 1. The molecule has 1 saturated heterocycles. The van der Waals surface area contributed by atoms with Gasteiger partial charge in [-0.05, 0) is 37.1 Å². The molecule has 2 heterocycles. The summed E-state index contributed by atoms with van der Waals surface area (Å²) in [4.78, 5) is 54.5. The van der Waals surface area contributed by atoms with Gasteiger partial charge in [0.1, 0.15) is 5.82 Å². The molecular formula is C24H25F6N7O5S. The molecule has 2 unspecified atom stereocenters. The number of carbonyl (C=O) groups is 3. The van der Waals surface area contributed by atoms with Crippen molar-refractivity contribution in [2.45, 2.75) is 57.0 Å². The summed E-state index contributed by atoms with van der Waals surface area (Å²) in [6.45, 7) is 2.29. The van der Waals surface area contributed by atoms with E-state index in [0.717, 1.165) is 11.3 Å². The van der Waals surface area contributed by atoms with Crippen LogP contribution in [0.1, 0.15) is 41.9 Å². The molecule has 1 aliphatic heterocycles. The summed E-state index contributed by atoms with van der Waals surface area (Å²) in [5, 5.41) is 6.50. The fraction of sp³-hybridized carbons (Fsp3) is 0.500. The lowest BCUT2D eigenvalue weighted by Crippen LogP contribution is -2.55. The lowest BCUT2D eigenvalue weighted by molar-refractivity contribution is -0.232. The summed E-state index contributed by atoms with van der Waals surface area (Å²) in [7, 11) is 0. The first-order chi connectivity index (χ1) is 20.1. The number of amides is 1. The van der Waals surface area contributed by atoms with Gasteiger partial charge in [-0.25, -0.2) is 19.6 Å². The van der Waals surface area contributed by atoms with Gasteiger partial charge in [-0.3, -0.25) is 4.79 Å². The minimum Gasteiger partial charge on any atom is -0.365 e. The van der Waals surface area contributed by atoms with E-state index < -0.39 is 48.2 Å². The van der Waals surface area contributed by atoms with Crippen LogP contribution in [0.2, 0.25) is 0 Å². The molecule has 43 heavy (non-hydrogen) atoms. The van der Waals surface area contributed by atoms with Gasteiger partial charge in [0, 0.05) is 17.7 Å². The van der Waals surface area contributed by atoms with E-state index in [1.807, 2.05) is 0 Å². The fourth-order valence-corrected chi connectivity index (χ4v) is 5.45. The number of guanidine groups is 1. The molecule has 234 valence electrons. The van der Waals surface area contributed by atoms with E-state index in [-0.39, 0.29) is 29.5 Å². The summed E-state index contributed by atoms with van der Waals surface area (Å²) in [6, 6.07) is 3.01. The quantitative estimate of drug-likeness (QED) is 0.163. The average molecular weight is 638 g/mol. The van der Waals surface area contributed by atoms with Gasteiger partial charge in [-0.15, -0.1) is 11.8 Å². The molecule has 1 amide bonds. The van der Waals surface area contributed by atoms with Crippen LogP contribution < -0.4 is 11.1 Å². The van der Waals surface area contributed by atoms with Crippen molar-refractivity contribution >= 4 is 52.3 Å². The van der Waals surface area contributed by atoms with Gasteiger partial charge in [-0.2, -0.15) is 31.4 Å². The van der Waals surface area contributed by atoms with Crippen molar-refractivity contribution in [2.75, 3.05) is 23.5 Å². The molecule has 0 spiro atoms. The minimum absolute atomic E-state index is 0.0189. The van der Waals surface area contributed by atoms with Gasteiger partial charge >= 0.3 is 24.3 Å². The Morgan fingerprint density at radius 1 is 1.09 bits per heavy atom. The van der Waals surface area contributed by atoms with Crippen LogP contribution in [0.25, 0.3) is 10.9 Å². The number of benzene rings is 1. The van der Waals surface area contributed by atoms with E-state index in [2.05, 4.69) is 30.1 Å². The maximum absolute atomic E-state index is 13.1. The lowest BCUT2D eigenvalue weighted by atomic mass is 9.90. The number of hydrogen-bond donors (Lipinski definition) is 2. The number of alkyl halides is 6. The Kier molecular flexibility index (Phi) is 9.41. The van der Waals surface area contributed by atoms with Crippen LogP contribution in [0, 0.1) is 6.92 Å². The molecule has 2 atom stereocenters. The van der Waals surface area contributed by atoms with Crippen molar-refractivity contribution in [3.05, 3.63) is 29.6 Å². The Morgan fingerprint density at radius 2 is 1.79 bits per heavy atom. The molecule has 1 saturated carbocycles. The maximum Gasteiger partial charge on any atom is 0.493 e. The first-order valence-electron chi connectivity index (χ1n) is 12.8. The molecule has 1 aromatic carbocycles. The van der Waals surface area contributed by atoms with Crippen LogP contribution in [0.15, 0.2) is 23.4 Å². The zero-order chi connectivity index (χ0) is 31.5. The number of nitrogens with zero attached hydrogens (tertiary/aromatic N) is 5. The van der Waals surface area contributed by atoms with Crippen molar-refractivity contribution in [2.24, 2.45) is 10.9 Å². The first kappa shape index (κ1) is 31.9. The largest absolute Gasteiger partial charge is 0.493 e. The molecule has 2 aromatic rings. The number of aryl methyl sites for hydroxylation is 1. The van der Waals surface area contributed by atoms with E-state index in [4.69, 9.17) is 5.73 Å². The second-order valence-corrected chi connectivity index (χ2v) is 10.7. The normalized spacial score (nSPS) is 19.7. The molecule has 4 rings (SSSR count). The Morgan fingerprint density at radius 3 is 2.44 bits per heavy atom. The highest BCUT2D eigenvalue weighted by Crippen LogP contribution is 2.31. The Hall–Kier alpha value is -4.03. The Balaban J connectivity index is 1.71. The summed E-state index contributed by atoms with van der Waals surface area (Å²) < 4.78 is 77.1. The smallest absolute Gasteiger partial charge is 0.365 e. The number of nitrogens with one attached hydrogen (secondary N) is 1. The number of anilines is 1. The standard InChI is InChI=1S/C24H25F6N7O5S/c1-12-6-7-14-13(10-12)17(34-18(32-14)19(38)36-8-9-43-11-36)33-15-4-2-3-5-16(15)37(42-21(40)24(28,29)30)22(31)35-41-20(39)23(25,26)27/h6-7,10,15-16H,2-5,8-9,11H2,1H3,(H2,31,35)(H,32,33,34). The van der Waals surface area contributed by atoms with Crippen LogP contribution in [0.5, 0.6) is 0 Å². The molecule has 0 radical (unpaired) electrons. The summed E-state index contributed by atoms with van der Waals surface area (Å²) in [5.41, 5.74) is 6.81. The number of thioether (sulfide) groups is 1. The zero-order valence-electron chi connectivity index (χ0n) is 22.4. The third-order valence-corrected chi connectivity index (χ3v) is 7.49. The van der Waals surface area contributed by atoms with Crippen molar-refractivity contribution in [3.8, 4) is 0 Å². The molecule has 3 N–H and O–H groups in total. The van der Waals surface area contributed by atoms with Crippen LogP contribution in [-0.4, -0.2) is 86.3 Å². The molecule has 2 aliphatic rings. The third-order valence-electron chi connectivity index (χ3n) is 6.53. The van der Waals surface area contributed by atoms with Gasteiger partial charge in [0.25, 0.3) is 11.9 Å². The lowest BCUT2D eigenvalue weighted by Gasteiger charge is -2.38. The summed E-state index contributed by atoms with van der Waals surface area (Å²) >= 11 is 1.55. The predicted molar refractivity (Wildman–Crippen MR) is 140 cm³/mol. The Labute approximate surface area is 243 Å². The number of nitrogens with two attached hydrogens (primary N) is 1. The van der Waals surface area contributed by atoms with E-state index in [1.54, 1.807) is 41.8 Å². The van der Waals surface area contributed by atoms with Gasteiger partial charge in [0.15, 0.2) is 0 Å². The summed E-state index contributed by atoms with van der Waals surface area (Å²) in [5.74, 6) is -6.03. The highest BCUT2D eigenvalue weighted by atomic mass is 32.2. The fourth-order valence-electron chi connectivity index (χ4n) is 4.51.